The average Bonchev–Trinajstić information content (AvgIpc) is 3.58. The molecule has 3 aliphatic rings. The zero-order valence-corrected chi connectivity index (χ0v) is 16.1. The van der Waals surface area contributed by atoms with Crippen LogP contribution in [0, 0.1) is 11.8 Å². The molecule has 4 heteroatoms. The van der Waals surface area contributed by atoms with E-state index in [4.69, 9.17) is 4.42 Å². The van der Waals surface area contributed by atoms with E-state index in [-0.39, 0.29) is 17.6 Å². The van der Waals surface area contributed by atoms with Crippen molar-refractivity contribution < 1.29 is 14.6 Å². The third kappa shape index (κ3) is 3.18. The molecule has 3 atom stereocenters. The van der Waals surface area contributed by atoms with E-state index in [2.05, 4.69) is 0 Å². The summed E-state index contributed by atoms with van der Waals surface area (Å²) in [5.74, 6) is 1.08. The monoisotopic (exact) mass is 380 g/mol. The van der Waals surface area contributed by atoms with Crippen LogP contribution in [0.2, 0.25) is 0 Å². The third-order valence-electron chi connectivity index (χ3n) is 6.87. The highest BCUT2D eigenvalue weighted by Crippen LogP contribution is 2.50. The second-order valence-corrected chi connectivity index (χ2v) is 8.90. The quantitative estimate of drug-likeness (QED) is 0.751. The van der Waals surface area contributed by atoms with E-state index in [1.54, 1.807) is 0 Å². The number of aromatic hydroxyl groups is 1. The van der Waals surface area contributed by atoms with Crippen LogP contribution in [0.1, 0.15) is 79.2 Å². The first-order chi connectivity index (χ1) is 13.6. The number of aliphatic hydroxyl groups excluding tert-OH is 1. The summed E-state index contributed by atoms with van der Waals surface area (Å²) in [7, 11) is 0. The number of hydrogen-bond donors (Lipinski definition) is 2. The Balaban J connectivity index is 1.62. The molecule has 2 saturated carbocycles. The van der Waals surface area contributed by atoms with Crippen LogP contribution < -0.4 is 5.63 Å². The fraction of sp³-hybridized carbons (Fsp3) is 0.542. The van der Waals surface area contributed by atoms with Crippen molar-refractivity contribution in [2.75, 3.05) is 0 Å². The van der Waals surface area contributed by atoms with E-state index in [1.165, 1.54) is 0 Å². The Labute approximate surface area is 165 Å². The minimum atomic E-state index is -0.474. The molecule has 4 nitrogen and oxygen atoms in total. The van der Waals surface area contributed by atoms with Gasteiger partial charge in [0.25, 0.3) is 0 Å². The molecular weight excluding hydrogens is 352 g/mol. The molecule has 1 aromatic heterocycles. The molecule has 2 aromatic rings. The van der Waals surface area contributed by atoms with Crippen molar-refractivity contribution >= 4 is 0 Å². The van der Waals surface area contributed by atoms with Crippen molar-refractivity contribution in [3.05, 3.63) is 63.2 Å². The zero-order valence-electron chi connectivity index (χ0n) is 16.1. The molecule has 148 valence electrons. The fourth-order valence-electron chi connectivity index (χ4n) is 5.06. The summed E-state index contributed by atoms with van der Waals surface area (Å²) < 4.78 is 5.91. The van der Waals surface area contributed by atoms with Crippen LogP contribution in [0.3, 0.4) is 0 Å². The number of benzene rings is 1. The molecule has 5 rings (SSSR count). The highest BCUT2D eigenvalue weighted by atomic mass is 16.4. The standard InChI is InChI=1S/C24H28O4/c25-21(16-12-13-16)17-8-4-5-9-18-22(26)20(24(27)28-23(17)18)19(15-10-11-15)14-6-2-1-3-7-14/h1-3,6-7,15-17,19,21,25-26H,4-5,8-13H2. The molecule has 0 spiro atoms. The van der Waals surface area contributed by atoms with Gasteiger partial charge in [0, 0.05) is 17.4 Å². The first kappa shape index (κ1) is 18.0. The van der Waals surface area contributed by atoms with Crippen LogP contribution in [0.25, 0.3) is 0 Å². The second kappa shape index (κ2) is 7.07. The lowest BCUT2D eigenvalue weighted by Gasteiger charge is -2.24. The van der Waals surface area contributed by atoms with Gasteiger partial charge in [-0.2, -0.15) is 0 Å². The number of fused-ring (bicyclic) bond motifs is 1. The van der Waals surface area contributed by atoms with Crippen LogP contribution >= 0.6 is 0 Å². The maximum Gasteiger partial charge on any atom is 0.343 e. The molecule has 2 fully saturated rings. The van der Waals surface area contributed by atoms with E-state index < -0.39 is 11.7 Å². The van der Waals surface area contributed by atoms with Gasteiger partial charge in [0.2, 0.25) is 0 Å². The van der Waals surface area contributed by atoms with Gasteiger partial charge >= 0.3 is 5.63 Å². The SMILES string of the molecule is O=c1oc2c(c(O)c1C(c1ccccc1)C1CC1)CCCCC2C(O)C1CC1. The Bertz CT molecular complexity index is 908. The molecular formula is C24H28O4. The lowest BCUT2D eigenvalue weighted by Crippen LogP contribution is -2.24. The molecule has 1 aromatic carbocycles. The summed E-state index contributed by atoms with van der Waals surface area (Å²) in [6.07, 6.45) is 7.19. The smallest absolute Gasteiger partial charge is 0.343 e. The molecule has 3 aliphatic carbocycles. The number of rotatable bonds is 5. The Morgan fingerprint density at radius 1 is 0.964 bits per heavy atom. The summed E-state index contributed by atoms with van der Waals surface area (Å²) in [4.78, 5) is 13.1. The molecule has 0 saturated heterocycles. The lowest BCUT2D eigenvalue weighted by atomic mass is 9.85. The summed E-state index contributed by atoms with van der Waals surface area (Å²) in [5, 5.41) is 22.0. The highest BCUT2D eigenvalue weighted by molar-refractivity contribution is 5.48. The Hall–Kier alpha value is -2.07. The van der Waals surface area contributed by atoms with Gasteiger partial charge in [-0.25, -0.2) is 4.79 Å². The summed E-state index contributed by atoms with van der Waals surface area (Å²) in [6.45, 7) is 0. The van der Waals surface area contributed by atoms with Gasteiger partial charge in [0.15, 0.2) is 0 Å². The van der Waals surface area contributed by atoms with Crippen LogP contribution in [0.5, 0.6) is 5.75 Å². The van der Waals surface area contributed by atoms with Crippen molar-refractivity contribution in [1.82, 2.24) is 0 Å². The van der Waals surface area contributed by atoms with E-state index in [9.17, 15) is 15.0 Å². The lowest BCUT2D eigenvalue weighted by molar-refractivity contribution is 0.105. The molecule has 0 aliphatic heterocycles. The van der Waals surface area contributed by atoms with E-state index in [0.717, 1.165) is 56.1 Å². The first-order valence-electron chi connectivity index (χ1n) is 10.8. The van der Waals surface area contributed by atoms with Crippen molar-refractivity contribution in [2.45, 2.75) is 69.3 Å². The molecule has 1 heterocycles. The third-order valence-corrected chi connectivity index (χ3v) is 6.87. The van der Waals surface area contributed by atoms with Gasteiger partial charge < -0.3 is 14.6 Å². The van der Waals surface area contributed by atoms with Gasteiger partial charge in [-0.05, 0) is 62.3 Å². The topological polar surface area (TPSA) is 70.7 Å². The number of hydrogen-bond acceptors (Lipinski definition) is 4. The Morgan fingerprint density at radius 3 is 2.36 bits per heavy atom. The normalized spacial score (nSPS) is 24.2. The van der Waals surface area contributed by atoms with Crippen LogP contribution in [-0.2, 0) is 6.42 Å². The van der Waals surface area contributed by atoms with Crippen molar-refractivity contribution in [3.8, 4) is 5.75 Å². The molecule has 0 amide bonds. The van der Waals surface area contributed by atoms with Gasteiger partial charge in [-0.1, -0.05) is 36.8 Å². The van der Waals surface area contributed by atoms with E-state index in [0.29, 0.717) is 29.6 Å². The predicted octanol–water partition coefficient (Wildman–Crippen LogP) is 4.47. The zero-order chi connectivity index (χ0) is 19.3. The molecule has 0 bridgehead atoms. The second-order valence-electron chi connectivity index (χ2n) is 8.90. The van der Waals surface area contributed by atoms with Crippen molar-refractivity contribution in [2.24, 2.45) is 11.8 Å². The predicted molar refractivity (Wildman–Crippen MR) is 107 cm³/mol. The molecule has 28 heavy (non-hydrogen) atoms. The van der Waals surface area contributed by atoms with Gasteiger partial charge in [0.05, 0.1) is 11.7 Å². The Kier molecular flexibility index (Phi) is 4.54. The summed E-state index contributed by atoms with van der Waals surface area (Å²) in [6, 6.07) is 10.0. The molecule has 0 radical (unpaired) electrons. The maximum atomic E-state index is 13.1. The van der Waals surface area contributed by atoms with E-state index >= 15 is 0 Å². The van der Waals surface area contributed by atoms with Gasteiger partial charge in [-0.15, -0.1) is 0 Å². The Morgan fingerprint density at radius 2 is 1.68 bits per heavy atom. The van der Waals surface area contributed by atoms with Gasteiger partial charge in [0.1, 0.15) is 11.5 Å². The summed E-state index contributed by atoms with van der Waals surface area (Å²) in [5.41, 5.74) is 1.83. The maximum absolute atomic E-state index is 13.1. The van der Waals surface area contributed by atoms with Gasteiger partial charge in [-0.3, -0.25) is 0 Å². The minimum Gasteiger partial charge on any atom is -0.507 e. The number of aliphatic hydroxyl groups is 1. The van der Waals surface area contributed by atoms with Crippen molar-refractivity contribution in [1.29, 1.82) is 0 Å². The molecule has 3 unspecified atom stereocenters. The van der Waals surface area contributed by atoms with Crippen LogP contribution in [0.15, 0.2) is 39.5 Å². The summed E-state index contributed by atoms with van der Waals surface area (Å²) >= 11 is 0. The van der Waals surface area contributed by atoms with E-state index in [1.807, 2.05) is 30.3 Å². The fourth-order valence-corrected chi connectivity index (χ4v) is 5.06. The largest absolute Gasteiger partial charge is 0.507 e. The average molecular weight is 380 g/mol. The van der Waals surface area contributed by atoms with Crippen LogP contribution in [0.4, 0.5) is 0 Å². The minimum absolute atomic E-state index is 0.113. The molecule has 2 N–H and O–H groups in total. The highest BCUT2D eigenvalue weighted by Gasteiger charge is 2.42. The van der Waals surface area contributed by atoms with Crippen molar-refractivity contribution in [3.63, 3.8) is 0 Å². The first-order valence-corrected chi connectivity index (χ1v) is 10.8. The van der Waals surface area contributed by atoms with Crippen LogP contribution in [-0.4, -0.2) is 16.3 Å².